The molecular formula is C13H18O2S. The fourth-order valence-electron chi connectivity index (χ4n) is 1.46. The average Bonchev–Trinajstić information content (AvgIpc) is 2.53. The number of carbonyl (C=O) groups is 1. The van der Waals surface area contributed by atoms with Gasteiger partial charge < -0.3 is 4.74 Å². The lowest BCUT2D eigenvalue weighted by Gasteiger charge is -1.97. The number of esters is 1. The predicted molar refractivity (Wildman–Crippen MR) is 68.7 cm³/mol. The molecule has 0 aromatic carbocycles. The highest BCUT2D eigenvalue weighted by Crippen LogP contribution is 2.21. The smallest absolute Gasteiger partial charge is 0.306 e. The van der Waals surface area contributed by atoms with E-state index in [1.807, 2.05) is 13.0 Å². The van der Waals surface area contributed by atoms with E-state index in [9.17, 15) is 4.79 Å². The molecule has 0 saturated heterocycles. The molecule has 0 radical (unpaired) electrons. The molecule has 0 bridgehead atoms. The molecule has 0 saturated carbocycles. The molecule has 0 aliphatic heterocycles. The van der Waals surface area contributed by atoms with Gasteiger partial charge in [-0.1, -0.05) is 12.2 Å². The summed E-state index contributed by atoms with van der Waals surface area (Å²) < 4.78 is 4.85. The van der Waals surface area contributed by atoms with Crippen molar-refractivity contribution >= 4 is 23.4 Å². The Morgan fingerprint density at radius 1 is 1.50 bits per heavy atom. The van der Waals surface area contributed by atoms with E-state index in [0.29, 0.717) is 13.0 Å². The van der Waals surface area contributed by atoms with E-state index in [-0.39, 0.29) is 5.97 Å². The number of rotatable bonds is 5. The quantitative estimate of drug-likeness (QED) is 0.731. The zero-order valence-electron chi connectivity index (χ0n) is 10.1. The van der Waals surface area contributed by atoms with Gasteiger partial charge >= 0.3 is 5.97 Å². The zero-order chi connectivity index (χ0) is 12.0. The Bertz CT molecular complexity index is 377. The molecule has 88 valence electrons. The number of hydrogen-bond donors (Lipinski definition) is 0. The molecule has 2 nitrogen and oxygen atoms in total. The van der Waals surface area contributed by atoms with Crippen molar-refractivity contribution in [3.05, 3.63) is 27.5 Å². The molecule has 1 aromatic rings. The van der Waals surface area contributed by atoms with E-state index >= 15 is 0 Å². The number of hydrogen-bond acceptors (Lipinski definition) is 3. The van der Waals surface area contributed by atoms with E-state index in [4.69, 9.17) is 4.74 Å². The lowest BCUT2D eigenvalue weighted by molar-refractivity contribution is -0.142. The van der Waals surface area contributed by atoms with Gasteiger partial charge in [-0.05, 0) is 38.8 Å². The van der Waals surface area contributed by atoms with Crippen LogP contribution in [0.25, 0.3) is 6.08 Å². The van der Waals surface area contributed by atoms with Crippen LogP contribution < -0.4 is 0 Å². The van der Waals surface area contributed by atoms with Crippen LogP contribution in [0.1, 0.15) is 35.1 Å². The van der Waals surface area contributed by atoms with Gasteiger partial charge in [0.1, 0.15) is 0 Å². The molecule has 3 heteroatoms. The molecule has 1 heterocycles. The third-order valence-corrected chi connectivity index (χ3v) is 3.18. The minimum atomic E-state index is -0.120. The van der Waals surface area contributed by atoms with E-state index < -0.39 is 0 Å². The van der Waals surface area contributed by atoms with Crippen LogP contribution >= 0.6 is 11.3 Å². The maximum atomic E-state index is 11.1. The van der Waals surface area contributed by atoms with Crippen molar-refractivity contribution in [1.82, 2.24) is 0 Å². The summed E-state index contributed by atoms with van der Waals surface area (Å²) in [5.41, 5.74) is 1.26. The van der Waals surface area contributed by atoms with Crippen LogP contribution in [0.2, 0.25) is 0 Å². The number of carbonyl (C=O) groups excluding carboxylic acids is 1. The first-order valence-electron chi connectivity index (χ1n) is 5.52. The highest BCUT2D eigenvalue weighted by atomic mass is 32.1. The Hall–Kier alpha value is -1.09. The van der Waals surface area contributed by atoms with E-state index in [1.165, 1.54) is 15.3 Å². The minimum absolute atomic E-state index is 0.120. The molecular weight excluding hydrogens is 220 g/mol. The van der Waals surface area contributed by atoms with Crippen LogP contribution in [0.3, 0.4) is 0 Å². The van der Waals surface area contributed by atoms with Crippen molar-refractivity contribution in [2.45, 2.75) is 33.6 Å². The third kappa shape index (κ3) is 4.19. The van der Waals surface area contributed by atoms with Crippen LogP contribution in [0.4, 0.5) is 0 Å². The van der Waals surface area contributed by atoms with Crippen molar-refractivity contribution < 1.29 is 9.53 Å². The summed E-state index contributed by atoms with van der Waals surface area (Å²) in [5, 5.41) is 0. The van der Waals surface area contributed by atoms with Crippen LogP contribution in [0, 0.1) is 13.8 Å². The summed E-state index contributed by atoms with van der Waals surface area (Å²) in [6, 6.07) is 2.17. The monoisotopic (exact) mass is 238 g/mol. The van der Waals surface area contributed by atoms with Crippen molar-refractivity contribution in [3.63, 3.8) is 0 Å². The fourth-order valence-corrected chi connectivity index (χ4v) is 2.37. The highest BCUT2D eigenvalue weighted by molar-refractivity contribution is 7.12. The molecule has 0 aliphatic carbocycles. The number of ether oxygens (including phenoxy) is 1. The van der Waals surface area contributed by atoms with Gasteiger partial charge in [0.15, 0.2) is 0 Å². The van der Waals surface area contributed by atoms with Gasteiger partial charge in [-0.25, -0.2) is 0 Å². The minimum Gasteiger partial charge on any atom is -0.466 e. The van der Waals surface area contributed by atoms with Gasteiger partial charge in [0.2, 0.25) is 0 Å². The topological polar surface area (TPSA) is 26.3 Å². The van der Waals surface area contributed by atoms with E-state index in [2.05, 4.69) is 26.0 Å². The molecule has 0 atom stereocenters. The Morgan fingerprint density at radius 3 is 2.81 bits per heavy atom. The highest BCUT2D eigenvalue weighted by Gasteiger charge is 2.00. The van der Waals surface area contributed by atoms with Gasteiger partial charge in [0, 0.05) is 16.2 Å². The van der Waals surface area contributed by atoms with Gasteiger partial charge in [-0.3, -0.25) is 4.79 Å². The number of thiophene rings is 1. The molecule has 1 aromatic heterocycles. The summed E-state index contributed by atoms with van der Waals surface area (Å²) in [7, 11) is 0. The second-order valence-electron chi connectivity index (χ2n) is 3.61. The Labute approximate surface area is 101 Å². The summed E-state index contributed by atoms with van der Waals surface area (Å²) in [4.78, 5) is 13.7. The second-order valence-corrected chi connectivity index (χ2v) is 5.08. The maximum absolute atomic E-state index is 11.1. The van der Waals surface area contributed by atoms with Gasteiger partial charge in [-0.15, -0.1) is 11.3 Å². The number of aryl methyl sites for hydroxylation is 2. The fraction of sp³-hybridized carbons (Fsp3) is 0.462. The average molecular weight is 238 g/mol. The van der Waals surface area contributed by atoms with E-state index in [0.717, 1.165) is 6.42 Å². The van der Waals surface area contributed by atoms with E-state index in [1.54, 1.807) is 11.3 Å². The van der Waals surface area contributed by atoms with Crippen molar-refractivity contribution in [1.29, 1.82) is 0 Å². The standard InChI is InChI=1S/C13H18O2S/c1-4-15-13(14)8-6-5-7-12-9-10(2)16-11(12)3/h5,7,9H,4,6,8H2,1-3H3. The predicted octanol–water partition coefficient (Wildman–Crippen LogP) is 3.72. The normalized spacial score (nSPS) is 10.9. The van der Waals surface area contributed by atoms with Gasteiger partial charge in [0.05, 0.1) is 6.61 Å². The first-order chi connectivity index (χ1) is 7.63. The molecule has 0 amide bonds. The lowest BCUT2D eigenvalue weighted by Crippen LogP contribution is -2.02. The van der Waals surface area contributed by atoms with Crippen LogP contribution in [-0.2, 0) is 9.53 Å². The van der Waals surface area contributed by atoms with Gasteiger partial charge in [-0.2, -0.15) is 0 Å². The van der Waals surface area contributed by atoms with Gasteiger partial charge in [0.25, 0.3) is 0 Å². The van der Waals surface area contributed by atoms with Crippen molar-refractivity contribution in [2.24, 2.45) is 0 Å². The summed E-state index contributed by atoms with van der Waals surface area (Å²) in [6.45, 7) is 6.51. The second kappa shape index (κ2) is 6.48. The summed E-state index contributed by atoms with van der Waals surface area (Å²) in [6.07, 6.45) is 5.32. The maximum Gasteiger partial charge on any atom is 0.306 e. The zero-order valence-corrected chi connectivity index (χ0v) is 10.9. The number of allylic oxidation sites excluding steroid dienone is 1. The van der Waals surface area contributed by atoms with Crippen LogP contribution in [0.15, 0.2) is 12.1 Å². The molecule has 1 rings (SSSR count). The molecule has 0 N–H and O–H groups in total. The SMILES string of the molecule is CCOC(=O)CCC=Cc1cc(C)sc1C. The molecule has 0 aliphatic rings. The Balaban J connectivity index is 2.38. The molecule has 16 heavy (non-hydrogen) atoms. The molecule has 0 fully saturated rings. The first kappa shape index (κ1) is 13.0. The largest absolute Gasteiger partial charge is 0.466 e. The van der Waals surface area contributed by atoms with Crippen LogP contribution in [0.5, 0.6) is 0 Å². The van der Waals surface area contributed by atoms with Crippen molar-refractivity contribution in [2.75, 3.05) is 6.61 Å². The molecule has 0 unspecified atom stereocenters. The third-order valence-electron chi connectivity index (χ3n) is 2.20. The summed E-state index contributed by atoms with van der Waals surface area (Å²) >= 11 is 1.80. The van der Waals surface area contributed by atoms with Crippen LogP contribution in [-0.4, -0.2) is 12.6 Å². The first-order valence-corrected chi connectivity index (χ1v) is 6.34. The molecule has 0 spiro atoms. The van der Waals surface area contributed by atoms with Crippen molar-refractivity contribution in [3.8, 4) is 0 Å². The Kier molecular flexibility index (Phi) is 5.26. The summed E-state index contributed by atoms with van der Waals surface area (Å²) in [5.74, 6) is -0.120. The lowest BCUT2D eigenvalue weighted by atomic mass is 10.2. The Morgan fingerprint density at radius 2 is 2.25 bits per heavy atom.